The minimum Gasteiger partial charge on any atom is -0.464 e. The van der Waals surface area contributed by atoms with E-state index < -0.39 is 0 Å². The highest BCUT2D eigenvalue weighted by Gasteiger charge is 2.32. The van der Waals surface area contributed by atoms with Gasteiger partial charge in [0.25, 0.3) is 0 Å². The Hall–Kier alpha value is -1.54. The molecule has 1 aromatic carbocycles. The van der Waals surface area contributed by atoms with Gasteiger partial charge in [0.15, 0.2) is 0 Å². The largest absolute Gasteiger partial charge is 0.464 e. The van der Waals surface area contributed by atoms with E-state index in [1.165, 1.54) is 55.5 Å². The molecule has 2 aromatic rings. The highest BCUT2D eigenvalue weighted by atomic mass is 16.3. The zero-order valence-electron chi connectivity index (χ0n) is 14.7. The first-order valence-electron chi connectivity index (χ1n) is 9.16. The second-order valence-electron chi connectivity index (χ2n) is 6.79. The van der Waals surface area contributed by atoms with Crippen molar-refractivity contribution in [3.05, 3.63) is 47.7 Å². The molecular formula is C21H29NO. The van der Waals surface area contributed by atoms with Crippen molar-refractivity contribution in [3.63, 3.8) is 0 Å². The maximum Gasteiger partial charge on any atom is 0.134 e. The Morgan fingerprint density at radius 3 is 2.52 bits per heavy atom. The van der Waals surface area contributed by atoms with Crippen molar-refractivity contribution in [2.75, 3.05) is 13.1 Å². The molecule has 1 aliphatic carbocycles. The van der Waals surface area contributed by atoms with Gasteiger partial charge < -0.3 is 4.42 Å². The molecule has 3 rings (SSSR count). The third kappa shape index (κ3) is 3.23. The zero-order valence-corrected chi connectivity index (χ0v) is 14.7. The number of hydrogen-bond acceptors (Lipinski definition) is 2. The highest BCUT2D eigenvalue weighted by Crippen LogP contribution is 2.40. The molecule has 0 saturated carbocycles. The molecule has 2 atom stereocenters. The van der Waals surface area contributed by atoms with E-state index in [4.69, 9.17) is 4.42 Å². The van der Waals surface area contributed by atoms with Gasteiger partial charge >= 0.3 is 0 Å². The zero-order chi connectivity index (χ0) is 16.2. The summed E-state index contributed by atoms with van der Waals surface area (Å²) in [4.78, 5) is 2.71. The molecule has 0 fully saturated rings. The van der Waals surface area contributed by atoms with E-state index in [1.54, 1.807) is 6.26 Å². The molecule has 0 amide bonds. The molecule has 0 saturated heterocycles. The van der Waals surface area contributed by atoms with Gasteiger partial charge in [-0.05, 0) is 68.0 Å². The van der Waals surface area contributed by atoms with Gasteiger partial charge in [-0.3, -0.25) is 4.90 Å². The van der Waals surface area contributed by atoms with Crippen molar-refractivity contribution in [1.29, 1.82) is 0 Å². The molecule has 2 nitrogen and oxygen atoms in total. The molecule has 0 aliphatic heterocycles. The quantitative estimate of drug-likeness (QED) is 0.701. The van der Waals surface area contributed by atoms with E-state index in [9.17, 15) is 0 Å². The van der Waals surface area contributed by atoms with Crippen LogP contribution >= 0.6 is 0 Å². The van der Waals surface area contributed by atoms with Crippen LogP contribution in [0.2, 0.25) is 0 Å². The number of furan rings is 1. The summed E-state index contributed by atoms with van der Waals surface area (Å²) in [6, 6.07) is 11.4. The molecule has 0 N–H and O–H groups in total. The first-order chi connectivity index (χ1) is 11.3. The van der Waals surface area contributed by atoms with Crippen molar-refractivity contribution < 1.29 is 4.42 Å². The molecule has 1 heterocycles. The minimum absolute atomic E-state index is 0.554. The third-order valence-corrected chi connectivity index (χ3v) is 5.22. The van der Waals surface area contributed by atoms with Crippen LogP contribution in [0.5, 0.6) is 0 Å². The van der Waals surface area contributed by atoms with E-state index in [2.05, 4.69) is 49.9 Å². The van der Waals surface area contributed by atoms with Crippen molar-refractivity contribution in [3.8, 4) is 11.3 Å². The van der Waals surface area contributed by atoms with E-state index in [1.807, 2.05) is 6.07 Å². The Labute approximate surface area is 140 Å². The lowest BCUT2D eigenvalue weighted by atomic mass is 9.76. The average molecular weight is 311 g/mol. The maximum absolute atomic E-state index is 5.71. The summed E-state index contributed by atoms with van der Waals surface area (Å²) in [6.07, 6.45) is 6.70. The number of fused-ring (bicyclic) bond motifs is 1. The van der Waals surface area contributed by atoms with Crippen LogP contribution in [0.25, 0.3) is 11.3 Å². The van der Waals surface area contributed by atoms with Crippen LogP contribution in [-0.2, 0) is 6.42 Å². The van der Waals surface area contributed by atoms with E-state index >= 15 is 0 Å². The molecule has 23 heavy (non-hydrogen) atoms. The maximum atomic E-state index is 5.71. The van der Waals surface area contributed by atoms with Crippen LogP contribution in [0.1, 0.15) is 57.1 Å². The fourth-order valence-corrected chi connectivity index (χ4v) is 4.28. The summed E-state index contributed by atoms with van der Waals surface area (Å²) in [5.41, 5.74) is 4.31. The Kier molecular flexibility index (Phi) is 5.22. The van der Waals surface area contributed by atoms with Crippen molar-refractivity contribution in [1.82, 2.24) is 4.90 Å². The highest BCUT2D eigenvalue weighted by molar-refractivity contribution is 5.65. The van der Waals surface area contributed by atoms with Crippen LogP contribution in [0.15, 0.2) is 41.0 Å². The second kappa shape index (κ2) is 7.35. The molecule has 0 unspecified atom stereocenters. The Morgan fingerprint density at radius 2 is 1.87 bits per heavy atom. The topological polar surface area (TPSA) is 16.4 Å². The van der Waals surface area contributed by atoms with Crippen molar-refractivity contribution in [2.45, 2.75) is 58.4 Å². The minimum atomic E-state index is 0.554. The van der Waals surface area contributed by atoms with Crippen LogP contribution < -0.4 is 0 Å². The normalized spacial score (nSPS) is 20.7. The number of hydrogen-bond donors (Lipinski definition) is 0. The van der Waals surface area contributed by atoms with E-state index in [0.29, 0.717) is 12.0 Å². The number of aryl methyl sites for hydroxylation is 1. The third-order valence-electron chi connectivity index (χ3n) is 5.22. The number of rotatable bonds is 6. The summed E-state index contributed by atoms with van der Waals surface area (Å²) < 4.78 is 5.71. The molecular weight excluding hydrogens is 282 g/mol. The molecule has 124 valence electrons. The first-order valence-corrected chi connectivity index (χ1v) is 9.16. The van der Waals surface area contributed by atoms with Gasteiger partial charge in [-0.2, -0.15) is 0 Å². The summed E-state index contributed by atoms with van der Waals surface area (Å²) in [5.74, 6) is 1.56. The van der Waals surface area contributed by atoms with Crippen LogP contribution in [0.3, 0.4) is 0 Å². The molecule has 1 aromatic heterocycles. The number of nitrogens with zero attached hydrogens (tertiary/aromatic N) is 1. The Bertz CT molecular complexity index is 611. The van der Waals surface area contributed by atoms with Gasteiger partial charge in [0.05, 0.1) is 6.26 Å². The van der Waals surface area contributed by atoms with E-state index in [0.717, 1.165) is 5.76 Å². The Balaban J connectivity index is 1.96. The van der Waals surface area contributed by atoms with Crippen molar-refractivity contribution >= 4 is 0 Å². The standard InChI is InChI=1S/C21H29NO/c1-4-13-22(14-5-2)19-12-11-17-8-6-9-18(21(17)16(19)3)20-10-7-15-23-20/h6-10,15-16,19H,4-5,11-14H2,1-3H3/t16-,19-/m0/s1. The van der Waals surface area contributed by atoms with Crippen LogP contribution in [0.4, 0.5) is 0 Å². The predicted molar refractivity (Wildman–Crippen MR) is 96.8 cm³/mol. The lowest BCUT2D eigenvalue weighted by molar-refractivity contribution is 0.159. The molecule has 0 spiro atoms. The van der Waals surface area contributed by atoms with Crippen LogP contribution in [0, 0.1) is 0 Å². The first kappa shape index (κ1) is 16.3. The van der Waals surface area contributed by atoms with Crippen molar-refractivity contribution in [2.24, 2.45) is 0 Å². The average Bonchev–Trinajstić information content (AvgIpc) is 3.09. The molecule has 2 heteroatoms. The summed E-state index contributed by atoms with van der Waals surface area (Å²) in [7, 11) is 0. The summed E-state index contributed by atoms with van der Waals surface area (Å²) in [6.45, 7) is 9.41. The molecule has 1 aliphatic rings. The van der Waals surface area contributed by atoms with Gasteiger partial charge in [0.2, 0.25) is 0 Å². The lowest BCUT2D eigenvalue weighted by Gasteiger charge is -2.40. The predicted octanol–water partition coefficient (Wildman–Crippen LogP) is 5.49. The van der Waals surface area contributed by atoms with Gasteiger partial charge in [-0.25, -0.2) is 0 Å². The SMILES string of the molecule is CCCN(CCC)[C@H]1CCc2cccc(-c3ccco3)c2[C@H]1C. The van der Waals surface area contributed by atoms with Gasteiger partial charge in [-0.15, -0.1) is 0 Å². The summed E-state index contributed by atoms with van der Waals surface area (Å²) >= 11 is 0. The van der Waals surface area contributed by atoms with Crippen LogP contribution in [-0.4, -0.2) is 24.0 Å². The molecule has 0 radical (unpaired) electrons. The van der Waals surface area contributed by atoms with Gasteiger partial charge in [-0.1, -0.05) is 39.0 Å². The summed E-state index contributed by atoms with van der Waals surface area (Å²) in [5, 5.41) is 0. The lowest BCUT2D eigenvalue weighted by Crippen LogP contribution is -2.42. The second-order valence-corrected chi connectivity index (χ2v) is 6.79. The number of benzene rings is 1. The van der Waals surface area contributed by atoms with E-state index in [-0.39, 0.29) is 0 Å². The Morgan fingerprint density at radius 1 is 1.09 bits per heavy atom. The fraction of sp³-hybridized carbons (Fsp3) is 0.524. The van der Waals surface area contributed by atoms with Gasteiger partial charge in [0, 0.05) is 11.6 Å². The van der Waals surface area contributed by atoms with Gasteiger partial charge in [0.1, 0.15) is 5.76 Å². The molecule has 0 bridgehead atoms. The monoisotopic (exact) mass is 311 g/mol. The smallest absolute Gasteiger partial charge is 0.134 e. The fourth-order valence-electron chi connectivity index (χ4n) is 4.28.